The summed E-state index contributed by atoms with van der Waals surface area (Å²) in [7, 11) is 0. The minimum Gasteiger partial charge on any atom is -0.465 e. The predicted octanol–water partition coefficient (Wildman–Crippen LogP) is 0.794. The summed E-state index contributed by atoms with van der Waals surface area (Å²) < 4.78 is 0. The Labute approximate surface area is 95.0 Å². The second-order valence-corrected chi connectivity index (χ2v) is 4.98. The molecule has 1 amide bonds. The summed E-state index contributed by atoms with van der Waals surface area (Å²) in [5, 5.41) is 8.94. The summed E-state index contributed by atoms with van der Waals surface area (Å²) in [6.45, 7) is 4.84. The lowest BCUT2D eigenvalue weighted by Gasteiger charge is -2.40. The molecule has 16 heavy (non-hydrogen) atoms. The van der Waals surface area contributed by atoms with Crippen LogP contribution in [0.25, 0.3) is 0 Å². The van der Waals surface area contributed by atoms with Crippen molar-refractivity contribution in [2.75, 3.05) is 26.2 Å². The van der Waals surface area contributed by atoms with Crippen LogP contribution in [0.1, 0.15) is 26.2 Å². The monoisotopic (exact) mass is 226 g/mol. The Kier molecular flexibility index (Phi) is 2.88. The molecule has 0 spiro atoms. The molecule has 2 rings (SSSR count). The highest BCUT2D eigenvalue weighted by Crippen LogP contribution is 2.29. The van der Waals surface area contributed by atoms with Crippen LogP contribution in [-0.2, 0) is 4.79 Å². The molecule has 0 bridgehead atoms. The summed E-state index contributed by atoms with van der Waals surface area (Å²) in [4.78, 5) is 25.8. The Morgan fingerprint density at radius 3 is 2.44 bits per heavy atom. The van der Waals surface area contributed by atoms with Gasteiger partial charge in [0, 0.05) is 44.6 Å². The van der Waals surface area contributed by atoms with E-state index in [9.17, 15) is 9.59 Å². The van der Waals surface area contributed by atoms with Gasteiger partial charge < -0.3 is 10.0 Å². The number of Topliss-reactive ketones (excluding diaryl/α,β-unsaturated/α-hetero) is 1. The minimum atomic E-state index is -0.836. The first kappa shape index (κ1) is 11.4. The van der Waals surface area contributed by atoms with E-state index in [0.717, 1.165) is 19.5 Å². The van der Waals surface area contributed by atoms with Crippen molar-refractivity contribution in [3.8, 4) is 0 Å². The summed E-state index contributed by atoms with van der Waals surface area (Å²) in [6, 6.07) is 0. The smallest absolute Gasteiger partial charge is 0.407 e. The number of carbonyl (C=O) groups excluding carboxylic acids is 1. The van der Waals surface area contributed by atoms with Crippen molar-refractivity contribution in [2.24, 2.45) is 0 Å². The van der Waals surface area contributed by atoms with E-state index in [2.05, 4.69) is 11.8 Å². The van der Waals surface area contributed by atoms with E-state index in [1.54, 1.807) is 0 Å². The third kappa shape index (κ3) is 2.04. The second-order valence-electron chi connectivity index (χ2n) is 4.98. The maximum atomic E-state index is 11.2. The number of rotatable bonds is 1. The lowest BCUT2D eigenvalue weighted by Crippen LogP contribution is -2.52. The van der Waals surface area contributed by atoms with E-state index >= 15 is 0 Å². The number of ketones is 1. The average Bonchev–Trinajstić information content (AvgIpc) is 2.63. The van der Waals surface area contributed by atoms with Crippen molar-refractivity contribution in [3.63, 3.8) is 0 Å². The summed E-state index contributed by atoms with van der Waals surface area (Å²) in [6.07, 6.45) is 1.26. The van der Waals surface area contributed by atoms with Gasteiger partial charge in [0.2, 0.25) is 0 Å². The molecule has 0 aliphatic carbocycles. The fourth-order valence-corrected chi connectivity index (χ4v) is 2.66. The maximum absolute atomic E-state index is 11.2. The lowest BCUT2D eigenvalue weighted by molar-refractivity contribution is -0.122. The lowest BCUT2D eigenvalue weighted by atomic mass is 9.95. The largest absolute Gasteiger partial charge is 0.465 e. The number of carbonyl (C=O) groups is 2. The predicted molar refractivity (Wildman–Crippen MR) is 58.4 cm³/mol. The first-order valence-corrected chi connectivity index (χ1v) is 5.76. The molecular weight excluding hydrogens is 208 g/mol. The topological polar surface area (TPSA) is 60.9 Å². The fraction of sp³-hybridized carbons (Fsp3) is 0.818. The van der Waals surface area contributed by atoms with Crippen LogP contribution in [0.2, 0.25) is 0 Å². The van der Waals surface area contributed by atoms with Crippen molar-refractivity contribution in [2.45, 2.75) is 31.7 Å². The normalized spacial score (nSPS) is 32.1. The van der Waals surface area contributed by atoms with Gasteiger partial charge in [-0.25, -0.2) is 4.79 Å². The van der Waals surface area contributed by atoms with Gasteiger partial charge in [-0.2, -0.15) is 0 Å². The molecule has 2 saturated heterocycles. The summed E-state index contributed by atoms with van der Waals surface area (Å²) in [5.41, 5.74) is -0.0703. The highest BCUT2D eigenvalue weighted by Gasteiger charge is 2.41. The molecule has 5 heteroatoms. The Hall–Kier alpha value is -1.10. The van der Waals surface area contributed by atoms with Crippen LogP contribution < -0.4 is 0 Å². The van der Waals surface area contributed by atoms with Gasteiger partial charge in [-0.3, -0.25) is 9.69 Å². The summed E-state index contributed by atoms with van der Waals surface area (Å²) in [5.74, 6) is 0.327. The highest BCUT2D eigenvalue weighted by molar-refractivity contribution is 5.79. The molecule has 2 fully saturated rings. The number of hydrogen-bond donors (Lipinski definition) is 1. The van der Waals surface area contributed by atoms with Crippen LogP contribution in [0.15, 0.2) is 0 Å². The van der Waals surface area contributed by atoms with Crippen LogP contribution in [0, 0.1) is 0 Å². The van der Waals surface area contributed by atoms with Crippen LogP contribution in [-0.4, -0.2) is 58.5 Å². The standard InChI is InChI=1S/C11H18N2O3/c1-11(4-7-12(8-11)10(15)16)13-5-2-9(14)3-6-13/h2-8H2,1H3,(H,15,16). The van der Waals surface area contributed by atoms with Gasteiger partial charge in [0.05, 0.1) is 0 Å². The first-order chi connectivity index (χ1) is 7.51. The molecule has 0 aromatic heterocycles. The number of hydrogen-bond acceptors (Lipinski definition) is 3. The van der Waals surface area contributed by atoms with Crippen molar-refractivity contribution < 1.29 is 14.7 Å². The molecule has 0 aromatic carbocycles. The zero-order valence-electron chi connectivity index (χ0n) is 9.61. The van der Waals surface area contributed by atoms with E-state index in [-0.39, 0.29) is 5.54 Å². The zero-order chi connectivity index (χ0) is 11.8. The molecule has 0 radical (unpaired) electrons. The second kappa shape index (κ2) is 4.05. The van der Waals surface area contributed by atoms with E-state index in [1.165, 1.54) is 4.90 Å². The Bertz CT molecular complexity index is 308. The molecular formula is C11H18N2O3. The van der Waals surface area contributed by atoms with E-state index < -0.39 is 6.09 Å². The van der Waals surface area contributed by atoms with Gasteiger partial charge in [0.1, 0.15) is 5.78 Å². The molecule has 90 valence electrons. The van der Waals surface area contributed by atoms with Crippen LogP contribution in [0.4, 0.5) is 4.79 Å². The number of amides is 1. The Balaban J connectivity index is 1.98. The molecule has 1 atom stereocenters. The third-order valence-electron chi connectivity index (χ3n) is 3.81. The quantitative estimate of drug-likeness (QED) is 0.718. The molecule has 0 saturated carbocycles. The van der Waals surface area contributed by atoms with Crippen LogP contribution >= 0.6 is 0 Å². The number of likely N-dealkylation sites (tertiary alicyclic amines) is 2. The minimum absolute atomic E-state index is 0.0703. The van der Waals surface area contributed by atoms with Crippen LogP contribution in [0.3, 0.4) is 0 Å². The number of piperidine rings is 1. The van der Waals surface area contributed by atoms with Gasteiger partial charge in [-0.05, 0) is 13.3 Å². The van der Waals surface area contributed by atoms with Crippen LogP contribution in [0.5, 0.6) is 0 Å². The summed E-state index contributed by atoms with van der Waals surface area (Å²) >= 11 is 0. The number of carboxylic acid groups (broad SMARTS) is 1. The maximum Gasteiger partial charge on any atom is 0.407 e. The van der Waals surface area contributed by atoms with Crippen molar-refractivity contribution in [1.82, 2.24) is 9.80 Å². The van der Waals surface area contributed by atoms with Crippen molar-refractivity contribution in [3.05, 3.63) is 0 Å². The van der Waals surface area contributed by atoms with Gasteiger partial charge in [0.15, 0.2) is 0 Å². The molecule has 1 unspecified atom stereocenters. The first-order valence-electron chi connectivity index (χ1n) is 5.76. The van der Waals surface area contributed by atoms with E-state index in [1.807, 2.05) is 0 Å². The highest BCUT2D eigenvalue weighted by atomic mass is 16.4. The van der Waals surface area contributed by atoms with Gasteiger partial charge in [-0.15, -0.1) is 0 Å². The Morgan fingerprint density at radius 1 is 1.31 bits per heavy atom. The van der Waals surface area contributed by atoms with E-state index in [4.69, 9.17) is 5.11 Å². The fourth-order valence-electron chi connectivity index (χ4n) is 2.66. The Morgan fingerprint density at radius 2 is 1.94 bits per heavy atom. The van der Waals surface area contributed by atoms with Gasteiger partial charge >= 0.3 is 6.09 Å². The molecule has 2 aliphatic heterocycles. The average molecular weight is 226 g/mol. The zero-order valence-corrected chi connectivity index (χ0v) is 9.61. The molecule has 1 N–H and O–H groups in total. The molecule has 2 aliphatic rings. The van der Waals surface area contributed by atoms with E-state index in [0.29, 0.717) is 31.7 Å². The van der Waals surface area contributed by atoms with Gasteiger partial charge in [0.25, 0.3) is 0 Å². The van der Waals surface area contributed by atoms with Crippen molar-refractivity contribution >= 4 is 11.9 Å². The van der Waals surface area contributed by atoms with Gasteiger partial charge in [-0.1, -0.05) is 0 Å². The molecule has 0 aromatic rings. The SMILES string of the molecule is CC1(N2CCC(=O)CC2)CCN(C(=O)O)C1. The molecule has 2 heterocycles. The number of nitrogens with zero attached hydrogens (tertiary/aromatic N) is 2. The molecule has 5 nitrogen and oxygen atoms in total. The third-order valence-corrected chi connectivity index (χ3v) is 3.81. The van der Waals surface area contributed by atoms with Crippen molar-refractivity contribution in [1.29, 1.82) is 0 Å².